The SMILES string of the molecule is NCCCCCS(=O)(=O)c1cccc(C(F)(F)F)c1. The van der Waals surface area contributed by atoms with E-state index < -0.39 is 21.6 Å². The number of rotatable bonds is 6. The van der Waals surface area contributed by atoms with Gasteiger partial charge in [0.2, 0.25) is 0 Å². The van der Waals surface area contributed by atoms with E-state index in [2.05, 4.69) is 0 Å². The van der Waals surface area contributed by atoms with Gasteiger partial charge in [-0.1, -0.05) is 12.5 Å². The summed E-state index contributed by atoms with van der Waals surface area (Å²) in [4.78, 5) is -0.282. The van der Waals surface area contributed by atoms with E-state index in [0.29, 0.717) is 31.9 Å². The number of hydrogen-bond acceptors (Lipinski definition) is 3. The maximum absolute atomic E-state index is 12.5. The largest absolute Gasteiger partial charge is 0.416 e. The van der Waals surface area contributed by atoms with Crippen molar-refractivity contribution < 1.29 is 21.6 Å². The third-order valence-electron chi connectivity index (χ3n) is 2.64. The number of nitrogens with two attached hydrogens (primary N) is 1. The Bertz CT molecular complexity index is 512. The molecule has 0 aliphatic rings. The molecule has 0 saturated carbocycles. The van der Waals surface area contributed by atoms with Crippen molar-refractivity contribution in [2.24, 2.45) is 5.73 Å². The van der Waals surface area contributed by atoms with Crippen molar-refractivity contribution in [3.05, 3.63) is 29.8 Å². The normalized spacial score (nSPS) is 12.6. The fourth-order valence-electron chi connectivity index (χ4n) is 1.60. The maximum atomic E-state index is 12.5. The second kappa shape index (κ2) is 6.38. The second-order valence-electron chi connectivity index (χ2n) is 4.19. The molecule has 108 valence electrons. The first-order chi connectivity index (χ1) is 8.77. The molecule has 0 radical (unpaired) electrons. The van der Waals surface area contributed by atoms with Gasteiger partial charge in [-0.05, 0) is 37.6 Å². The minimum absolute atomic E-state index is 0.158. The van der Waals surface area contributed by atoms with Crippen LogP contribution in [0.4, 0.5) is 13.2 Å². The minimum atomic E-state index is -4.54. The highest BCUT2D eigenvalue weighted by Gasteiger charge is 2.31. The number of unbranched alkanes of at least 4 members (excludes halogenated alkanes) is 2. The van der Waals surface area contributed by atoms with Gasteiger partial charge in [0.25, 0.3) is 0 Å². The third kappa shape index (κ3) is 4.83. The average molecular weight is 295 g/mol. The fraction of sp³-hybridized carbons (Fsp3) is 0.500. The molecule has 0 unspecified atom stereocenters. The molecule has 19 heavy (non-hydrogen) atoms. The molecule has 0 bridgehead atoms. The molecule has 0 aliphatic carbocycles. The summed E-state index contributed by atoms with van der Waals surface area (Å²) in [6.07, 6.45) is -2.78. The molecule has 0 atom stereocenters. The van der Waals surface area contributed by atoms with Gasteiger partial charge in [0.1, 0.15) is 0 Å². The van der Waals surface area contributed by atoms with E-state index in [-0.39, 0.29) is 10.6 Å². The first-order valence-electron chi connectivity index (χ1n) is 5.87. The lowest BCUT2D eigenvalue weighted by molar-refractivity contribution is -0.137. The highest BCUT2D eigenvalue weighted by atomic mass is 32.2. The van der Waals surface area contributed by atoms with Gasteiger partial charge in [-0.25, -0.2) is 8.42 Å². The summed E-state index contributed by atoms with van der Waals surface area (Å²) < 4.78 is 61.3. The Morgan fingerprint density at radius 3 is 2.37 bits per heavy atom. The van der Waals surface area contributed by atoms with Crippen LogP contribution in [0.1, 0.15) is 24.8 Å². The summed E-state index contributed by atoms with van der Waals surface area (Å²) in [5, 5.41) is 0. The molecule has 1 rings (SSSR count). The maximum Gasteiger partial charge on any atom is 0.416 e. The van der Waals surface area contributed by atoms with Crippen LogP contribution in [0.5, 0.6) is 0 Å². The van der Waals surface area contributed by atoms with E-state index in [1.807, 2.05) is 0 Å². The van der Waals surface area contributed by atoms with Gasteiger partial charge in [-0.3, -0.25) is 0 Å². The van der Waals surface area contributed by atoms with E-state index in [4.69, 9.17) is 5.73 Å². The lowest BCUT2D eigenvalue weighted by atomic mass is 10.2. The highest BCUT2D eigenvalue weighted by molar-refractivity contribution is 7.91. The van der Waals surface area contributed by atoms with Crippen LogP contribution in [0.25, 0.3) is 0 Å². The molecular formula is C12H16F3NO2S. The first-order valence-corrected chi connectivity index (χ1v) is 7.52. The second-order valence-corrected chi connectivity index (χ2v) is 6.30. The molecule has 0 spiro atoms. The molecule has 0 aromatic heterocycles. The molecule has 7 heteroatoms. The number of halogens is 3. The smallest absolute Gasteiger partial charge is 0.330 e. The predicted octanol–water partition coefficient (Wildman–Crippen LogP) is 2.61. The molecule has 1 aromatic carbocycles. The van der Waals surface area contributed by atoms with Crippen molar-refractivity contribution in [3.8, 4) is 0 Å². The molecule has 0 fully saturated rings. The molecule has 2 N–H and O–H groups in total. The Morgan fingerprint density at radius 2 is 1.79 bits per heavy atom. The first kappa shape index (κ1) is 16.0. The summed E-state index contributed by atoms with van der Waals surface area (Å²) >= 11 is 0. The zero-order valence-corrected chi connectivity index (χ0v) is 11.1. The Hall–Kier alpha value is -1.08. The van der Waals surface area contributed by atoms with Gasteiger partial charge in [0.15, 0.2) is 9.84 Å². The van der Waals surface area contributed by atoms with Crippen LogP contribution in [-0.4, -0.2) is 20.7 Å². The van der Waals surface area contributed by atoms with Crippen LogP contribution in [0.2, 0.25) is 0 Å². The standard InChI is InChI=1S/C12H16F3NO2S/c13-12(14,15)10-5-4-6-11(9-10)19(17,18)8-3-1-2-7-16/h4-6,9H,1-3,7-8,16H2. The van der Waals surface area contributed by atoms with Gasteiger partial charge in [-0.15, -0.1) is 0 Å². The van der Waals surface area contributed by atoms with Crippen molar-refractivity contribution in [1.29, 1.82) is 0 Å². The molecule has 0 heterocycles. The topological polar surface area (TPSA) is 60.2 Å². The fourth-order valence-corrected chi connectivity index (χ4v) is 3.01. The zero-order chi connectivity index (χ0) is 14.5. The van der Waals surface area contributed by atoms with Crippen LogP contribution in [0, 0.1) is 0 Å². The van der Waals surface area contributed by atoms with Crippen molar-refractivity contribution in [3.63, 3.8) is 0 Å². The summed E-state index contributed by atoms with van der Waals surface area (Å²) in [6, 6.07) is 3.83. The number of alkyl halides is 3. The molecule has 0 aliphatic heterocycles. The summed E-state index contributed by atoms with van der Waals surface area (Å²) in [7, 11) is -3.66. The Balaban J connectivity index is 2.84. The van der Waals surface area contributed by atoms with E-state index >= 15 is 0 Å². The lowest BCUT2D eigenvalue weighted by Gasteiger charge is -2.09. The third-order valence-corrected chi connectivity index (χ3v) is 4.44. The van der Waals surface area contributed by atoms with E-state index in [9.17, 15) is 21.6 Å². The van der Waals surface area contributed by atoms with Gasteiger partial charge >= 0.3 is 6.18 Å². The molecule has 0 saturated heterocycles. The minimum Gasteiger partial charge on any atom is -0.330 e. The average Bonchev–Trinajstić information content (AvgIpc) is 2.34. The van der Waals surface area contributed by atoms with E-state index in [0.717, 1.165) is 12.1 Å². The van der Waals surface area contributed by atoms with E-state index in [1.165, 1.54) is 6.07 Å². The molecule has 1 aromatic rings. The van der Waals surface area contributed by atoms with Crippen LogP contribution in [-0.2, 0) is 16.0 Å². The molecule has 0 amide bonds. The monoisotopic (exact) mass is 295 g/mol. The van der Waals surface area contributed by atoms with Gasteiger partial charge in [-0.2, -0.15) is 13.2 Å². The van der Waals surface area contributed by atoms with Crippen LogP contribution >= 0.6 is 0 Å². The summed E-state index contributed by atoms with van der Waals surface area (Å²) in [5.41, 5.74) is 4.33. The number of sulfone groups is 1. The van der Waals surface area contributed by atoms with Crippen molar-refractivity contribution >= 4 is 9.84 Å². The number of benzene rings is 1. The van der Waals surface area contributed by atoms with Crippen LogP contribution < -0.4 is 5.73 Å². The summed E-state index contributed by atoms with van der Waals surface area (Å²) in [5.74, 6) is -0.158. The molecular weight excluding hydrogens is 279 g/mol. The Labute approximate surface area is 110 Å². The zero-order valence-electron chi connectivity index (χ0n) is 10.3. The van der Waals surface area contributed by atoms with Gasteiger partial charge in [0, 0.05) is 0 Å². The Kier molecular flexibility index (Phi) is 5.37. The van der Waals surface area contributed by atoms with Gasteiger partial charge in [0.05, 0.1) is 16.2 Å². The molecule has 3 nitrogen and oxygen atoms in total. The van der Waals surface area contributed by atoms with Crippen molar-refractivity contribution in [1.82, 2.24) is 0 Å². The lowest BCUT2D eigenvalue weighted by Crippen LogP contribution is -2.10. The van der Waals surface area contributed by atoms with Crippen molar-refractivity contribution in [2.75, 3.05) is 12.3 Å². The predicted molar refractivity (Wildman–Crippen MR) is 66.4 cm³/mol. The summed E-state index contributed by atoms with van der Waals surface area (Å²) in [6.45, 7) is 0.476. The van der Waals surface area contributed by atoms with E-state index in [1.54, 1.807) is 0 Å². The van der Waals surface area contributed by atoms with Crippen LogP contribution in [0.15, 0.2) is 29.2 Å². The Morgan fingerprint density at radius 1 is 1.11 bits per heavy atom. The van der Waals surface area contributed by atoms with Crippen LogP contribution in [0.3, 0.4) is 0 Å². The van der Waals surface area contributed by atoms with Gasteiger partial charge < -0.3 is 5.73 Å². The quantitative estimate of drug-likeness (QED) is 0.821. The van der Waals surface area contributed by atoms with Crippen molar-refractivity contribution in [2.45, 2.75) is 30.3 Å². The highest BCUT2D eigenvalue weighted by Crippen LogP contribution is 2.30. The number of hydrogen-bond donors (Lipinski definition) is 1.